The van der Waals surface area contributed by atoms with E-state index in [1.807, 2.05) is 30.3 Å². The topological polar surface area (TPSA) is 49.4 Å². The van der Waals surface area contributed by atoms with Gasteiger partial charge in [-0.2, -0.15) is 0 Å². The minimum Gasteiger partial charge on any atom is -0.550 e. The zero-order valence-corrected chi connectivity index (χ0v) is 19.8. The fraction of sp³-hybridized carbons (Fsp3) is 0.720. The van der Waals surface area contributed by atoms with Crippen LogP contribution >= 0.6 is 0 Å². The van der Waals surface area contributed by atoms with Crippen LogP contribution in [0.4, 0.5) is 0 Å². The molecule has 0 amide bonds. The van der Waals surface area contributed by atoms with Crippen LogP contribution < -0.4 is 9.84 Å². The molecule has 1 aromatic rings. The third kappa shape index (κ3) is 16.7. The van der Waals surface area contributed by atoms with Crippen molar-refractivity contribution in [2.24, 2.45) is 5.92 Å². The molecule has 0 saturated heterocycles. The van der Waals surface area contributed by atoms with Crippen molar-refractivity contribution in [2.75, 3.05) is 6.61 Å². The van der Waals surface area contributed by atoms with Crippen LogP contribution in [0.3, 0.4) is 0 Å². The van der Waals surface area contributed by atoms with Gasteiger partial charge < -0.3 is 14.6 Å². The summed E-state index contributed by atoms with van der Waals surface area (Å²) in [6, 6.07) is 9.67. The third-order valence-corrected chi connectivity index (χ3v) is 5.45. The monoisotopic (exact) mass is 496 g/mol. The molecule has 1 rings (SSSR count). The number of carboxylic acids is 1. The summed E-state index contributed by atoms with van der Waals surface area (Å²) in [7, 11) is 0. The number of unbranched alkanes of at least 4 members (excludes halogenated alkanes) is 11. The minimum absolute atomic E-state index is 0. The largest absolute Gasteiger partial charge is 1.00 e. The summed E-state index contributed by atoms with van der Waals surface area (Å²) in [5, 5.41) is 11.3. The van der Waals surface area contributed by atoms with Gasteiger partial charge in [0.15, 0.2) is 0 Å². The van der Waals surface area contributed by atoms with Crippen molar-refractivity contribution >= 4 is 5.97 Å². The van der Waals surface area contributed by atoms with Gasteiger partial charge in [0, 0.05) is 5.97 Å². The van der Waals surface area contributed by atoms with E-state index in [2.05, 4.69) is 6.92 Å². The second-order valence-corrected chi connectivity index (χ2v) is 8.00. The van der Waals surface area contributed by atoms with E-state index in [1.54, 1.807) is 0 Å². The maximum Gasteiger partial charge on any atom is 1.00 e. The number of rotatable bonds is 19. The molecule has 0 saturated carbocycles. The molecule has 0 aliphatic rings. The molecule has 0 fully saturated rings. The Kier molecular flexibility index (Phi) is 20.0. The average Bonchev–Trinajstić information content (AvgIpc) is 2.70. The Morgan fingerprint density at radius 1 is 0.793 bits per heavy atom. The number of aliphatic carboxylic acids is 1. The fourth-order valence-corrected chi connectivity index (χ4v) is 3.65. The van der Waals surface area contributed by atoms with Crippen LogP contribution in [0, 0.1) is 5.92 Å². The number of para-hydroxylation sites is 1. The van der Waals surface area contributed by atoms with Crippen molar-refractivity contribution in [1.29, 1.82) is 0 Å². The normalized spacial score (nSPS) is 11.6. The molecule has 170 valence electrons. The zero-order valence-electron chi connectivity index (χ0n) is 18.3. The fourth-order valence-electron chi connectivity index (χ4n) is 3.65. The van der Waals surface area contributed by atoms with Crippen LogP contribution in [0.25, 0.3) is 0 Å². The molecule has 1 atom stereocenters. The van der Waals surface area contributed by atoms with Crippen molar-refractivity contribution in [2.45, 2.75) is 103 Å². The van der Waals surface area contributed by atoms with Crippen LogP contribution in [0.1, 0.15) is 103 Å². The zero-order chi connectivity index (χ0) is 20.3. The van der Waals surface area contributed by atoms with E-state index in [4.69, 9.17) is 4.74 Å². The minimum atomic E-state index is -0.900. The summed E-state index contributed by atoms with van der Waals surface area (Å²) in [4.78, 5) is 11.3. The van der Waals surface area contributed by atoms with Crippen molar-refractivity contribution in [1.82, 2.24) is 0 Å². The Morgan fingerprint density at radius 3 is 1.79 bits per heavy atom. The quantitative estimate of drug-likeness (QED) is 0.167. The molecular weight excluding hydrogens is 456 g/mol. The van der Waals surface area contributed by atoms with Gasteiger partial charge in [-0.25, -0.2) is 0 Å². The van der Waals surface area contributed by atoms with Gasteiger partial charge in [-0.1, -0.05) is 102 Å². The standard InChI is InChI=1S/C25H42O3.Ag/c1-2-3-4-5-6-7-8-9-10-11-12-14-18-23(25(26)27)19-17-22-28-24-20-15-13-16-21-24;/h13,15-16,20-21,23H,2-12,14,17-19,22H2,1H3,(H,26,27);/q;+1/p-1. The first-order valence-electron chi connectivity index (χ1n) is 11.6. The van der Waals surface area contributed by atoms with Crippen molar-refractivity contribution in [3.63, 3.8) is 0 Å². The molecule has 1 unspecified atom stereocenters. The van der Waals surface area contributed by atoms with E-state index in [0.29, 0.717) is 13.0 Å². The van der Waals surface area contributed by atoms with Gasteiger partial charge in [-0.15, -0.1) is 0 Å². The Hall–Kier alpha value is -0.770. The van der Waals surface area contributed by atoms with Crippen molar-refractivity contribution in [3.05, 3.63) is 30.3 Å². The average molecular weight is 497 g/mol. The van der Waals surface area contributed by atoms with Crippen LogP contribution in [0.2, 0.25) is 0 Å². The molecule has 0 spiro atoms. The Balaban J connectivity index is 0.00000784. The Bertz CT molecular complexity index is 478. The van der Waals surface area contributed by atoms with Crippen LogP contribution in [0.15, 0.2) is 30.3 Å². The molecule has 4 heteroatoms. The Labute approximate surface area is 194 Å². The molecule has 0 N–H and O–H groups in total. The number of carbonyl (C=O) groups is 1. The van der Waals surface area contributed by atoms with Gasteiger partial charge in [0.2, 0.25) is 0 Å². The summed E-state index contributed by atoms with van der Waals surface area (Å²) >= 11 is 0. The smallest absolute Gasteiger partial charge is 0.550 e. The van der Waals surface area contributed by atoms with E-state index in [-0.39, 0.29) is 28.3 Å². The van der Waals surface area contributed by atoms with Crippen LogP contribution in [-0.4, -0.2) is 12.6 Å². The molecular formula is C25H41AgO3. The summed E-state index contributed by atoms with van der Waals surface area (Å²) in [6.45, 7) is 2.82. The SMILES string of the molecule is CCCCCCCCCCCCCCC(CCCOc1ccccc1)C(=O)[O-].[Ag+]. The predicted octanol–water partition coefficient (Wildman–Crippen LogP) is 6.30. The van der Waals surface area contributed by atoms with E-state index < -0.39 is 5.97 Å². The molecule has 3 nitrogen and oxygen atoms in total. The maximum atomic E-state index is 11.3. The molecule has 0 aliphatic heterocycles. The Morgan fingerprint density at radius 2 is 1.28 bits per heavy atom. The van der Waals surface area contributed by atoms with Crippen LogP contribution in [0.5, 0.6) is 5.75 Å². The van der Waals surface area contributed by atoms with E-state index >= 15 is 0 Å². The molecule has 29 heavy (non-hydrogen) atoms. The first kappa shape index (κ1) is 28.2. The first-order chi connectivity index (χ1) is 13.7. The number of hydrogen-bond donors (Lipinski definition) is 0. The molecule has 0 heterocycles. The van der Waals surface area contributed by atoms with Gasteiger partial charge in [0.25, 0.3) is 0 Å². The molecule has 1 aromatic carbocycles. The number of carbonyl (C=O) groups excluding carboxylic acids is 1. The summed E-state index contributed by atoms with van der Waals surface area (Å²) in [5.74, 6) is -0.390. The molecule has 0 aliphatic carbocycles. The molecule has 0 radical (unpaired) electrons. The van der Waals surface area contributed by atoms with Crippen LogP contribution in [-0.2, 0) is 27.2 Å². The molecule has 0 bridgehead atoms. The van der Waals surface area contributed by atoms with E-state index in [9.17, 15) is 9.90 Å². The first-order valence-corrected chi connectivity index (χ1v) is 11.6. The third-order valence-electron chi connectivity index (χ3n) is 5.45. The van der Waals surface area contributed by atoms with Crippen molar-refractivity contribution in [3.8, 4) is 5.75 Å². The summed E-state index contributed by atoms with van der Waals surface area (Å²) < 4.78 is 5.64. The van der Waals surface area contributed by atoms with Crippen molar-refractivity contribution < 1.29 is 37.0 Å². The van der Waals surface area contributed by atoms with Gasteiger partial charge in [-0.3, -0.25) is 0 Å². The predicted molar refractivity (Wildman–Crippen MR) is 115 cm³/mol. The maximum absolute atomic E-state index is 11.3. The number of ether oxygens (including phenoxy) is 1. The summed E-state index contributed by atoms with van der Waals surface area (Å²) in [5.41, 5.74) is 0. The van der Waals surface area contributed by atoms with E-state index in [1.165, 1.54) is 64.2 Å². The molecule has 0 aromatic heterocycles. The number of benzene rings is 1. The number of hydrogen-bond acceptors (Lipinski definition) is 3. The second kappa shape index (κ2) is 20.5. The van der Waals surface area contributed by atoms with Gasteiger partial charge >= 0.3 is 22.4 Å². The number of carboxylic acid groups (broad SMARTS) is 1. The van der Waals surface area contributed by atoms with Gasteiger partial charge in [0.05, 0.1) is 6.61 Å². The van der Waals surface area contributed by atoms with Gasteiger partial charge in [0.1, 0.15) is 5.75 Å². The second-order valence-electron chi connectivity index (χ2n) is 8.00. The summed E-state index contributed by atoms with van der Waals surface area (Å²) in [6.07, 6.45) is 17.7. The van der Waals surface area contributed by atoms with Gasteiger partial charge in [-0.05, 0) is 37.3 Å². The van der Waals surface area contributed by atoms with E-state index in [0.717, 1.165) is 31.4 Å².